The molecule has 2 heterocycles. The van der Waals surface area contributed by atoms with Crippen LogP contribution in [0.2, 0.25) is 0 Å². The van der Waals surface area contributed by atoms with Crippen LogP contribution in [0.15, 0.2) is 60.8 Å². The number of rotatable bonds is 2. The molecule has 3 aromatic rings. The zero-order valence-electron chi connectivity index (χ0n) is 19.4. The number of carbonyl (C=O) groups excluding carboxylic acids is 1. The number of fused-ring (bicyclic) bond motifs is 1. The second-order valence-electron chi connectivity index (χ2n) is 7.64. The van der Waals surface area contributed by atoms with E-state index in [0.29, 0.717) is 0 Å². The first-order valence-corrected chi connectivity index (χ1v) is 10.8. The number of carboxylic acid groups (broad SMARTS) is 2. The van der Waals surface area contributed by atoms with Crippen molar-refractivity contribution in [2.24, 2.45) is 0 Å². The van der Waals surface area contributed by atoms with E-state index in [4.69, 9.17) is 19.8 Å². The Morgan fingerprint density at radius 3 is 1.79 bits per heavy atom. The minimum Gasteiger partial charge on any atom is -0.475 e. The van der Waals surface area contributed by atoms with Crippen LogP contribution in [0.3, 0.4) is 0 Å². The molecule has 1 amide bonds. The zero-order chi connectivity index (χ0) is 28.5. The first-order valence-electron chi connectivity index (χ1n) is 10.8. The quantitative estimate of drug-likeness (QED) is 0.413. The molecule has 1 aliphatic heterocycles. The number of alkyl halides is 6. The van der Waals surface area contributed by atoms with Crippen LogP contribution >= 0.6 is 0 Å². The van der Waals surface area contributed by atoms with Crippen LogP contribution in [0.5, 0.6) is 0 Å². The SMILES string of the molecule is O=C(O)C(F)(F)F.O=C(O)C(F)(F)F.O=C(c1ccc(-c2cnc3ccccc3c2)cc1)N1CCNCC1. The van der Waals surface area contributed by atoms with Gasteiger partial charge in [-0.2, -0.15) is 26.3 Å². The largest absolute Gasteiger partial charge is 0.490 e. The highest BCUT2D eigenvalue weighted by Crippen LogP contribution is 2.23. The second kappa shape index (κ2) is 12.9. The summed E-state index contributed by atoms with van der Waals surface area (Å²) in [7, 11) is 0. The number of carboxylic acids is 2. The molecule has 3 N–H and O–H groups in total. The highest BCUT2D eigenvalue weighted by Gasteiger charge is 2.38. The van der Waals surface area contributed by atoms with Crippen molar-refractivity contribution in [2.75, 3.05) is 26.2 Å². The first kappa shape index (κ1) is 30.0. The standard InChI is InChI=1S/C20H19N3O.2C2HF3O2/c24-20(23-11-9-21-10-12-23)16-7-5-15(6-8-16)18-13-17-3-1-2-4-19(17)22-14-18;2*3-2(4,5)1(6)7/h1-8,13-14,21H,9-12H2;2*(H,6,7). The third-order valence-corrected chi connectivity index (χ3v) is 4.94. The summed E-state index contributed by atoms with van der Waals surface area (Å²) in [6.45, 7) is 3.28. The van der Waals surface area contributed by atoms with Gasteiger partial charge in [0.2, 0.25) is 0 Å². The molecule has 1 fully saturated rings. The summed E-state index contributed by atoms with van der Waals surface area (Å²) in [6, 6.07) is 18.0. The van der Waals surface area contributed by atoms with Crippen LogP contribution in [-0.2, 0) is 9.59 Å². The molecule has 1 aromatic heterocycles. The Morgan fingerprint density at radius 1 is 0.789 bits per heavy atom. The molecular formula is C24H21F6N3O5. The summed E-state index contributed by atoms with van der Waals surface area (Å²) in [5.74, 6) is -5.40. The van der Waals surface area contributed by atoms with Crippen molar-refractivity contribution in [2.45, 2.75) is 12.4 Å². The number of amides is 1. The lowest BCUT2D eigenvalue weighted by Crippen LogP contribution is -2.46. The number of aromatic nitrogens is 1. The van der Waals surface area contributed by atoms with Gasteiger partial charge in [0.25, 0.3) is 5.91 Å². The van der Waals surface area contributed by atoms with Crippen molar-refractivity contribution in [3.05, 3.63) is 66.4 Å². The topological polar surface area (TPSA) is 120 Å². The number of nitrogens with one attached hydrogen (secondary N) is 1. The van der Waals surface area contributed by atoms with E-state index >= 15 is 0 Å². The van der Waals surface area contributed by atoms with Gasteiger partial charge in [-0.05, 0) is 29.8 Å². The van der Waals surface area contributed by atoms with Crippen LogP contribution < -0.4 is 5.32 Å². The number of hydrogen-bond acceptors (Lipinski definition) is 5. The van der Waals surface area contributed by atoms with E-state index in [1.165, 1.54) is 0 Å². The van der Waals surface area contributed by atoms with Gasteiger partial charge >= 0.3 is 24.3 Å². The van der Waals surface area contributed by atoms with Gasteiger partial charge in [0.05, 0.1) is 5.52 Å². The number of hydrogen-bond donors (Lipinski definition) is 3. The number of piperazine rings is 1. The molecule has 0 spiro atoms. The molecule has 204 valence electrons. The fourth-order valence-electron chi connectivity index (χ4n) is 3.08. The Balaban J connectivity index is 0.000000301. The summed E-state index contributed by atoms with van der Waals surface area (Å²) in [6.07, 6.45) is -8.28. The molecule has 1 saturated heterocycles. The van der Waals surface area contributed by atoms with Gasteiger partial charge in [0, 0.05) is 48.9 Å². The van der Waals surface area contributed by atoms with Gasteiger partial charge in [0.15, 0.2) is 0 Å². The van der Waals surface area contributed by atoms with Gasteiger partial charge in [-0.25, -0.2) is 9.59 Å². The lowest BCUT2D eigenvalue weighted by molar-refractivity contribution is -0.193. The maximum absolute atomic E-state index is 12.5. The molecule has 8 nitrogen and oxygen atoms in total. The minimum atomic E-state index is -5.08. The molecule has 0 atom stereocenters. The van der Waals surface area contributed by atoms with Gasteiger partial charge in [-0.15, -0.1) is 0 Å². The molecule has 1 aliphatic rings. The molecule has 14 heteroatoms. The highest BCUT2D eigenvalue weighted by atomic mass is 19.4. The molecule has 38 heavy (non-hydrogen) atoms. The lowest BCUT2D eigenvalue weighted by Gasteiger charge is -2.27. The number of halogens is 6. The van der Waals surface area contributed by atoms with E-state index in [9.17, 15) is 31.1 Å². The normalized spacial score (nSPS) is 13.5. The molecule has 2 aromatic carbocycles. The Hall–Kier alpha value is -4.20. The highest BCUT2D eigenvalue weighted by molar-refractivity contribution is 5.95. The van der Waals surface area contributed by atoms with Crippen LogP contribution in [0.1, 0.15) is 10.4 Å². The molecule has 0 radical (unpaired) electrons. The Morgan fingerprint density at radius 2 is 1.29 bits per heavy atom. The van der Waals surface area contributed by atoms with Gasteiger partial charge in [-0.3, -0.25) is 9.78 Å². The molecule has 0 bridgehead atoms. The molecular weight excluding hydrogens is 524 g/mol. The Labute approximate surface area is 211 Å². The number of carbonyl (C=O) groups is 3. The fraction of sp³-hybridized carbons (Fsp3) is 0.250. The number of aliphatic carboxylic acids is 2. The van der Waals surface area contributed by atoms with E-state index < -0.39 is 24.3 Å². The van der Waals surface area contributed by atoms with Gasteiger partial charge < -0.3 is 20.4 Å². The van der Waals surface area contributed by atoms with Crippen LogP contribution in [0, 0.1) is 0 Å². The number of para-hydroxylation sites is 1. The molecule has 0 saturated carbocycles. The van der Waals surface area contributed by atoms with Gasteiger partial charge in [-0.1, -0.05) is 30.3 Å². The van der Waals surface area contributed by atoms with E-state index in [2.05, 4.69) is 22.4 Å². The van der Waals surface area contributed by atoms with Crippen molar-refractivity contribution in [3.63, 3.8) is 0 Å². The first-order chi connectivity index (χ1) is 17.7. The lowest BCUT2D eigenvalue weighted by atomic mass is 10.0. The zero-order valence-corrected chi connectivity index (χ0v) is 19.4. The van der Waals surface area contributed by atoms with Crippen LogP contribution in [0.25, 0.3) is 22.0 Å². The third-order valence-electron chi connectivity index (χ3n) is 4.94. The number of pyridine rings is 1. The smallest absolute Gasteiger partial charge is 0.475 e. The van der Waals surface area contributed by atoms with Gasteiger partial charge in [0.1, 0.15) is 0 Å². The monoisotopic (exact) mass is 545 g/mol. The van der Waals surface area contributed by atoms with Crippen LogP contribution in [-0.4, -0.2) is 76.5 Å². The van der Waals surface area contributed by atoms with Crippen molar-refractivity contribution in [1.82, 2.24) is 15.2 Å². The number of benzene rings is 2. The average Bonchev–Trinajstić information content (AvgIpc) is 2.88. The van der Waals surface area contributed by atoms with E-state index in [1.807, 2.05) is 53.6 Å². The molecule has 4 rings (SSSR count). The van der Waals surface area contributed by atoms with Crippen molar-refractivity contribution in [3.8, 4) is 11.1 Å². The summed E-state index contributed by atoms with van der Waals surface area (Å²) in [5.41, 5.74) is 3.88. The maximum atomic E-state index is 12.5. The Bertz CT molecular complexity index is 1230. The van der Waals surface area contributed by atoms with E-state index in [1.54, 1.807) is 0 Å². The van der Waals surface area contributed by atoms with Crippen molar-refractivity contribution >= 4 is 28.7 Å². The summed E-state index contributed by atoms with van der Waals surface area (Å²) in [4.78, 5) is 36.7. The predicted octanol–water partition coefficient (Wildman–Crippen LogP) is 4.21. The second-order valence-corrected chi connectivity index (χ2v) is 7.64. The Kier molecular flexibility index (Phi) is 10.2. The average molecular weight is 545 g/mol. The van der Waals surface area contributed by atoms with Crippen molar-refractivity contribution < 1.29 is 50.9 Å². The summed E-state index contributed by atoms with van der Waals surface area (Å²) in [5, 5.41) is 18.6. The van der Waals surface area contributed by atoms with Crippen molar-refractivity contribution in [1.29, 1.82) is 0 Å². The number of nitrogens with zero attached hydrogens (tertiary/aromatic N) is 2. The fourth-order valence-corrected chi connectivity index (χ4v) is 3.08. The summed E-state index contributed by atoms with van der Waals surface area (Å²) >= 11 is 0. The molecule has 0 unspecified atom stereocenters. The predicted molar refractivity (Wildman–Crippen MR) is 123 cm³/mol. The summed E-state index contributed by atoms with van der Waals surface area (Å²) < 4.78 is 63.5. The van der Waals surface area contributed by atoms with Crippen LogP contribution in [0.4, 0.5) is 26.3 Å². The minimum absolute atomic E-state index is 0.111. The van der Waals surface area contributed by atoms with E-state index in [-0.39, 0.29) is 5.91 Å². The third kappa shape index (κ3) is 9.03. The molecule has 0 aliphatic carbocycles. The van der Waals surface area contributed by atoms with E-state index in [0.717, 1.165) is 53.8 Å². The maximum Gasteiger partial charge on any atom is 0.490 e.